The molecule has 2 atom stereocenters. The molecule has 9 nitrogen and oxygen atoms in total. The fraction of sp³-hybridized carbons (Fsp3) is 0.333. The van der Waals surface area contributed by atoms with Gasteiger partial charge in [-0.2, -0.15) is 5.06 Å². The largest absolute Gasteiger partial charge is 0.330 e. The summed E-state index contributed by atoms with van der Waals surface area (Å²) in [5.74, 6) is -0.306. The normalized spacial score (nSPS) is 20.0. The predicted molar refractivity (Wildman–Crippen MR) is 97.8 cm³/mol. The number of benzene rings is 1. The first-order valence-electron chi connectivity index (χ1n) is 8.78. The minimum atomic E-state index is -0.516. The minimum absolute atomic E-state index is 0.0492. The number of hydrogen-bond donors (Lipinski definition) is 1. The lowest BCUT2D eigenvalue weighted by atomic mass is 10.1. The molecule has 2 aromatic heterocycles. The van der Waals surface area contributed by atoms with E-state index in [1.54, 1.807) is 42.0 Å². The second kappa shape index (κ2) is 7.13. The molecule has 0 radical (unpaired) electrons. The van der Waals surface area contributed by atoms with Crippen LogP contribution in [-0.4, -0.2) is 42.7 Å². The van der Waals surface area contributed by atoms with Crippen molar-refractivity contribution in [2.75, 3.05) is 7.05 Å². The van der Waals surface area contributed by atoms with Crippen LogP contribution >= 0.6 is 0 Å². The van der Waals surface area contributed by atoms with Crippen LogP contribution in [0.15, 0.2) is 46.2 Å². The van der Waals surface area contributed by atoms with E-state index in [9.17, 15) is 14.0 Å². The van der Waals surface area contributed by atoms with Crippen molar-refractivity contribution in [3.8, 4) is 11.3 Å². The van der Waals surface area contributed by atoms with Crippen LogP contribution in [0.1, 0.15) is 18.2 Å². The van der Waals surface area contributed by atoms with Gasteiger partial charge < -0.3 is 0 Å². The van der Waals surface area contributed by atoms with Gasteiger partial charge in [0.25, 0.3) is 5.56 Å². The van der Waals surface area contributed by atoms with Gasteiger partial charge in [0.15, 0.2) is 6.23 Å². The minimum Gasteiger partial charge on any atom is -0.274 e. The lowest BCUT2D eigenvalue weighted by molar-refractivity contribution is -0.168. The Labute approximate surface area is 158 Å². The quantitative estimate of drug-likeness (QED) is 0.721. The first-order chi connectivity index (χ1) is 13.4. The third kappa shape index (κ3) is 3.51. The lowest BCUT2D eigenvalue weighted by Gasteiger charge is -2.16. The van der Waals surface area contributed by atoms with Crippen molar-refractivity contribution >= 4 is 0 Å². The van der Waals surface area contributed by atoms with Crippen molar-refractivity contribution in [2.45, 2.75) is 32.2 Å². The van der Waals surface area contributed by atoms with Crippen LogP contribution in [-0.2, 0) is 11.4 Å². The molecule has 1 aliphatic heterocycles. The van der Waals surface area contributed by atoms with Crippen molar-refractivity contribution in [2.24, 2.45) is 0 Å². The van der Waals surface area contributed by atoms with Crippen LogP contribution in [0.5, 0.6) is 0 Å². The first kappa shape index (κ1) is 18.3. The predicted octanol–water partition coefficient (Wildman–Crippen LogP) is 1.08. The van der Waals surface area contributed by atoms with Gasteiger partial charge in [-0.1, -0.05) is 5.21 Å². The van der Waals surface area contributed by atoms with Crippen LogP contribution in [0.3, 0.4) is 0 Å². The highest BCUT2D eigenvalue weighted by atomic mass is 19.1. The highest BCUT2D eigenvalue weighted by Crippen LogP contribution is 2.27. The summed E-state index contributed by atoms with van der Waals surface area (Å²) < 4.78 is 16.1. The highest BCUT2D eigenvalue weighted by molar-refractivity contribution is 5.57. The molecule has 3 aromatic rings. The summed E-state index contributed by atoms with van der Waals surface area (Å²) in [5.41, 5.74) is 0.950. The Kier molecular flexibility index (Phi) is 4.65. The second-order valence-corrected chi connectivity index (χ2v) is 6.81. The maximum absolute atomic E-state index is 13.1. The van der Waals surface area contributed by atoms with E-state index < -0.39 is 17.5 Å². The van der Waals surface area contributed by atoms with E-state index in [1.807, 2.05) is 0 Å². The Bertz CT molecular complexity index is 1100. The summed E-state index contributed by atoms with van der Waals surface area (Å²) in [4.78, 5) is 31.7. The summed E-state index contributed by atoms with van der Waals surface area (Å²) in [6.45, 7) is 2.13. The zero-order valence-electron chi connectivity index (χ0n) is 15.4. The third-order valence-electron chi connectivity index (χ3n) is 4.81. The van der Waals surface area contributed by atoms with Gasteiger partial charge in [-0.05, 0) is 31.2 Å². The topological polar surface area (TPSA) is 98.0 Å². The number of aryl methyl sites for hydroxylation is 1. The van der Waals surface area contributed by atoms with Crippen LogP contribution in [0.2, 0.25) is 0 Å². The molecular formula is C18H19FN6O3. The Morgan fingerprint density at radius 2 is 2.00 bits per heavy atom. The number of aromatic amines is 1. The van der Waals surface area contributed by atoms with Crippen molar-refractivity contribution in [1.82, 2.24) is 29.6 Å². The molecule has 0 saturated carbocycles. The van der Waals surface area contributed by atoms with Crippen molar-refractivity contribution in [3.05, 3.63) is 68.9 Å². The van der Waals surface area contributed by atoms with Gasteiger partial charge in [0.2, 0.25) is 0 Å². The standard InChI is InChI=1S/C18H19FN6O3/c1-11-8-25(18(27)20-17(11)26)16-7-14(23(2)28-16)9-24-10-15(21-22-24)12-3-5-13(19)6-4-12/h3-6,8,10,14,16H,7,9H2,1-2H3,(H,20,26,27)/t14-,16-/m1/s1. The van der Waals surface area contributed by atoms with Crippen LogP contribution in [0, 0.1) is 12.7 Å². The number of halogens is 1. The number of nitrogens with one attached hydrogen (secondary N) is 1. The van der Waals surface area contributed by atoms with Gasteiger partial charge >= 0.3 is 5.69 Å². The molecule has 3 heterocycles. The van der Waals surface area contributed by atoms with Crippen molar-refractivity contribution < 1.29 is 9.23 Å². The molecule has 1 fully saturated rings. The maximum atomic E-state index is 13.1. The van der Waals surface area contributed by atoms with E-state index in [0.29, 0.717) is 24.2 Å². The Morgan fingerprint density at radius 3 is 2.75 bits per heavy atom. The highest BCUT2D eigenvalue weighted by Gasteiger charge is 2.33. The molecular weight excluding hydrogens is 367 g/mol. The van der Waals surface area contributed by atoms with Crippen LogP contribution < -0.4 is 11.2 Å². The second-order valence-electron chi connectivity index (χ2n) is 6.81. The summed E-state index contributed by atoms with van der Waals surface area (Å²) in [6.07, 6.45) is 3.31. The Morgan fingerprint density at radius 1 is 1.25 bits per heavy atom. The molecule has 1 aliphatic rings. The van der Waals surface area contributed by atoms with E-state index >= 15 is 0 Å². The molecule has 0 unspecified atom stereocenters. The van der Waals surface area contributed by atoms with Crippen molar-refractivity contribution in [3.63, 3.8) is 0 Å². The summed E-state index contributed by atoms with van der Waals surface area (Å²) in [7, 11) is 1.78. The van der Waals surface area contributed by atoms with Gasteiger partial charge in [-0.15, -0.1) is 5.10 Å². The van der Waals surface area contributed by atoms with Gasteiger partial charge in [0.1, 0.15) is 11.5 Å². The molecule has 1 N–H and O–H groups in total. The molecule has 1 saturated heterocycles. The van der Waals surface area contributed by atoms with Gasteiger partial charge in [-0.25, -0.2) is 9.18 Å². The first-order valence-corrected chi connectivity index (χ1v) is 8.78. The number of rotatable bonds is 4. The lowest BCUT2D eigenvalue weighted by Crippen LogP contribution is -2.33. The molecule has 0 spiro atoms. The van der Waals surface area contributed by atoms with E-state index in [-0.39, 0.29) is 11.9 Å². The van der Waals surface area contributed by atoms with E-state index in [4.69, 9.17) is 4.84 Å². The van der Waals surface area contributed by atoms with E-state index in [2.05, 4.69) is 15.3 Å². The molecule has 0 aliphatic carbocycles. The average Bonchev–Trinajstić information content (AvgIpc) is 3.26. The van der Waals surface area contributed by atoms with Gasteiger partial charge in [0.05, 0.1) is 18.8 Å². The summed E-state index contributed by atoms with van der Waals surface area (Å²) >= 11 is 0. The monoisotopic (exact) mass is 386 g/mol. The Balaban J connectivity index is 1.49. The molecule has 0 bridgehead atoms. The van der Waals surface area contributed by atoms with E-state index in [0.717, 1.165) is 5.56 Å². The molecule has 10 heteroatoms. The SMILES string of the molecule is Cc1cn([C@H]2C[C@H](Cn3cc(-c4ccc(F)cc4)nn3)N(C)O2)c(=O)[nH]c1=O. The number of likely N-dealkylation sites (N-methyl/N-ethyl adjacent to an activating group) is 1. The summed E-state index contributed by atoms with van der Waals surface area (Å²) in [6, 6.07) is 6.00. The average molecular weight is 386 g/mol. The smallest absolute Gasteiger partial charge is 0.274 e. The van der Waals surface area contributed by atoms with Gasteiger partial charge in [0, 0.05) is 30.8 Å². The fourth-order valence-electron chi connectivity index (χ4n) is 3.21. The number of H-pyrrole nitrogens is 1. The Hall–Kier alpha value is -3.11. The number of hydroxylamine groups is 2. The van der Waals surface area contributed by atoms with Crippen LogP contribution in [0.25, 0.3) is 11.3 Å². The zero-order chi connectivity index (χ0) is 19.8. The molecule has 146 valence electrons. The summed E-state index contributed by atoms with van der Waals surface area (Å²) in [5, 5.41) is 9.94. The van der Waals surface area contributed by atoms with E-state index in [1.165, 1.54) is 22.9 Å². The van der Waals surface area contributed by atoms with Gasteiger partial charge in [-0.3, -0.25) is 23.9 Å². The third-order valence-corrected chi connectivity index (χ3v) is 4.81. The molecule has 28 heavy (non-hydrogen) atoms. The fourth-order valence-corrected chi connectivity index (χ4v) is 3.21. The number of aromatic nitrogens is 5. The van der Waals surface area contributed by atoms with Crippen LogP contribution in [0.4, 0.5) is 4.39 Å². The maximum Gasteiger partial charge on any atom is 0.330 e. The zero-order valence-corrected chi connectivity index (χ0v) is 15.4. The molecule has 1 aromatic carbocycles. The number of hydrogen-bond acceptors (Lipinski definition) is 6. The molecule has 0 amide bonds. The number of nitrogens with zero attached hydrogens (tertiary/aromatic N) is 5. The van der Waals surface area contributed by atoms with Crippen molar-refractivity contribution in [1.29, 1.82) is 0 Å². The molecule has 4 rings (SSSR count).